The van der Waals surface area contributed by atoms with Gasteiger partial charge in [-0.05, 0) is 61.7 Å². The van der Waals surface area contributed by atoms with Crippen LogP contribution in [0.3, 0.4) is 0 Å². The van der Waals surface area contributed by atoms with Gasteiger partial charge in [0.15, 0.2) is 0 Å². The lowest BCUT2D eigenvalue weighted by Crippen LogP contribution is -2.29. The highest BCUT2D eigenvalue weighted by Crippen LogP contribution is 2.25. The van der Waals surface area contributed by atoms with Gasteiger partial charge in [0.2, 0.25) is 0 Å². The number of phenolic OH excluding ortho intramolecular Hbond substituents is 1. The van der Waals surface area contributed by atoms with E-state index in [0.717, 1.165) is 54.8 Å². The van der Waals surface area contributed by atoms with Crippen molar-refractivity contribution in [3.05, 3.63) is 59.7 Å². The molecule has 0 saturated carbocycles. The SMILES string of the molecule is Oc1ccc2c(c1)nc(CC1CCNCC1)n2Cc1ccc(F)cc1. The predicted octanol–water partition coefficient (Wildman–Crippen LogP) is 3.47. The average molecular weight is 339 g/mol. The first-order valence-electron chi connectivity index (χ1n) is 8.82. The molecule has 0 bridgehead atoms. The van der Waals surface area contributed by atoms with Crippen LogP contribution in [-0.4, -0.2) is 27.7 Å². The maximum absolute atomic E-state index is 13.2. The minimum atomic E-state index is -0.223. The predicted molar refractivity (Wildman–Crippen MR) is 96.2 cm³/mol. The number of aromatic hydroxyl groups is 1. The Hall–Kier alpha value is -2.40. The van der Waals surface area contributed by atoms with Crippen molar-refractivity contribution in [1.82, 2.24) is 14.9 Å². The number of imidazole rings is 1. The van der Waals surface area contributed by atoms with Crippen molar-refractivity contribution in [1.29, 1.82) is 0 Å². The summed E-state index contributed by atoms with van der Waals surface area (Å²) in [5.41, 5.74) is 2.86. The van der Waals surface area contributed by atoms with Gasteiger partial charge in [0.05, 0.1) is 11.0 Å². The Labute approximate surface area is 146 Å². The number of phenols is 1. The van der Waals surface area contributed by atoms with E-state index in [0.29, 0.717) is 12.5 Å². The van der Waals surface area contributed by atoms with Crippen LogP contribution in [-0.2, 0) is 13.0 Å². The second-order valence-electron chi connectivity index (χ2n) is 6.81. The summed E-state index contributed by atoms with van der Waals surface area (Å²) >= 11 is 0. The Bertz CT molecular complexity index is 867. The number of hydrogen-bond donors (Lipinski definition) is 2. The standard InChI is InChI=1S/C20H22FN3O/c21-16-3-1-15(2-4-16)13-24-19-6-5-17(25)12-18(19)23-20(24)11-14-7-9-22-10-8-14/h1-6,12,14,22,25H,7-11,13H2. The summed E-state index contributed by atoms with van der Waals surface area (Å²) in [5.74, 6) is 1.67. The van der Waals surface area contributed by atoms with Crippen LogP contribution in [0.25, 0.3) is 11.0 Å². The molecule has 0 unspecified atom stereocenters. The molecule has 1 saturated heterocycles. The van der Waals surface area contributed by atoms with Crippen LogP contribution in [0.5, 0.6) is 5.75 Å². The largest absolute Gasteiger partial charge is 0.508 e. The van der Waals surface area contributed by atoms with Crippen LogP contribution in [0.15, 0.2) is 42.5 Å². The average Bonchev–Trinajstić information content (AvgIpc) is 2.94. The van der Waals surface area contributed by atoms with Crippen molar-refractivity contribution < 1.29 is 9.50 Å². The van der Waals surface area contributed by atoms with Crippen LogP contribution >= 0.6 is 0 Å². The summed E-state index contributed by atoms with van der Waals surface area (Å²) in [6, 6.07) is 11.9. The lowest BCUT2D eigenvalue weighted by atomic mass is 9.94. The number of rotatable bonds is 4. The summed E-state index contributed by atoms with van der Waals surface area (Å²) in [6.45, 7) is 2.77. The fourth-order valence-corrected chi connectivity index (χ4v) is 3.62. The number of piperidine rings is 1. The normalized spacial score (nSPS) is 15.7. The second-order valence-corrected chi connectivity index (χ2v) is 6.81. The number of nitrogens with zero attached hydrogens (tertiary/aromatic N) is 2. The number of fused-ring (bicyclic) bond motifs is 1. The summed E-state index contributed by atoms with van der Waals surface area (Å²) in [4.78, 5) is 4.79. The molecular weight excluding hydrogens is 317 g/mol. The Morgan fingerprint density at radius 2 is 1.88 bits per heavy atom. The molecule has 0 spiro atoms. The van der Waals surface area contributed by atoms with E-state index < -0.39 is 0 Å². The molecule has 0 amide bonds. The molecule has 1 aromatic heterocycles. The number of hydrogen-bond acceptors (Lipinski definition) is 3. The molecule has 1 aliphatic rings. The Morgan fingerprint density at radius 1 is 1.12 bits per heavy atom. The molecule has 1 fully saturated rings. The fraction of sp³-hybridized carbons (Fsp3) is 0.350. The zero-order valence-corrected chi connectivity index (χ0v) is 14.1. The molecule has 5 heteroatoms. The third-order valence-electron chi connectivity index (χ3n) is 4.99. The van der Waals surface area contributed by atoms with Gasteiger partial charge < -0.3 is 15.0 Å². The first-order chi connectivity index (χ1) is 12.2. The zero-order chi connectivity index (χ0) is 17.2. The van der Waals surface area contributed by atoms with Crippen molar-refractivity contribution in [2.45, 2.75) is 25.8 Å². The molecule has 2 aromatic carbocycles. The molecule has 130 valence electrons. The Balaban J connectivity index is 1.70. The van der Waals surface area contributed by atoms with Crippen molar-refractivity contribution in [3.8, 4) is 5.75 Å². The minimum Gasteiger partial charge on any atom is -0.508 e. The maximum Gasteiger partial charge on any atom is 0.123 e. The monoisotopic (exact) mass is 339 g/mol. The van der Waals surface area contributed by atoms with Crippen molar-refractivity contribution in [3.63, 3.8) is 0 Å². The van der Waals surface area contributed by atoms with Gasteiger partial charge in [-0.3, -0.25) is 0 Å². The van der Waals surface area contributed by atoms with Gasteiger partial charge in [-0.15, -0.1) is 0 Å². The summed E-state index contributed by atoms with van der Waals surface area (Å²) in [5, 5.41) is 13.2. The third kappa shape index (κ3) is 3.51. The van der Waals surface area contributed by atoms with Gasteiger partial charge in [0.1, 0.15) is 17.4 Å². The highest BCUT2D eigenvalue weighted by atomic mass is 19.1. The highest BCUT2D eigenvalue weighted by molar-refractivity contribution is 5.77. The van der Waals surface area contributed by atoms with Crippen molar-refractivity contribution in [2.24, 2.45) is 5.92 Å². The van der Waals surface area contributed by atoms with E-state index in [4.69, 9.17) is 4.98 Å². The van der Waals surface area contributed by atoms with E-state index in [1.54, 1.807) is 12.1 Å². The topological polar surface area (TPSA) is 50.1 Å². The number of halogens is 1. The summed E-state index contributed by atoms with van der Waals surface area (Å²) in [6.07, 6.45) is 3.24. The number of benzene rings is 2. The van der Waals surface area contributed by atoms with E-state index in [-0.39, 0.29) is 11.6 Å². The first-order valence-corrected chi connectivity index (χ1v) is 8.82. The number of aromatic nitrogens is 2. The molecule has 4 rings (SSSR count). The van der Waals surface area contributed by atoms with Gasteiger partial charge in [-0.2, -0.15) is 0 Å². The van der Waals surface area contributed by atoms with E-state index in [9.17, 15) is 9.50 Å². The molecule has 2 heterocycles. The lowest BCUT2D eigenvalue weighted by molar-refractivity contribution is 0.364. The van der Waals surface area contributed by atoms with E-state index in [2.05, 4.69) is 9.88 Å². The molecule has 3 aromatic rings. The quantitative estimate of drug-likeness (QED) is 0.765. The first kappa shape index (κ1) is 16.1. The summed E-state index contributed by atoms with van der Waals surface area (Å²) < 4.78 is 15.4. The van der Waals surface area contributed by atoms with Crippen LogP contribution in [0, 0.1) is 11.7 Å². The van der Waals surface area contributed by atoms with E-state index >= 15 is 0 Å². The molecule has 0 atom stereocenters. The highest BCUT2D eigenvalue weighted by Gasteiger charge is 2.19. The zero-order valence-electron chi connectivity index (χ0n) is 14.1. The Morgan fingerprint density at radius 3 is 2.64 bits per heavy atom. The molecule has 0 aliphatic carbocycles. The van der Waals surface area contributed by atoms with Gasteiger partial charge in [0.25, 0.3) is 0 Å². The van der Waals surface area contributed by atoms with Crippen molar-refractivity contribution >= 4 is 11.0 Å². The smallest absolute Gasteiger partial charge is 0.123 e. The minimum absolute atomic E-state index is 0.223. The maximum atomic E-state index is 13.2. The molecular formula is C20H22FN3O. The third-order valence-corrected chi connectivity index (χ3v) is 4.99. The van der Waals surface area contributed by atoms with Crippen LogP contribution in [0.2, 0.25) is 0 Å². The van der Waals surface area contributed by atoms with Gasteiger partial charge in [-0.25, -0.2) is 9.37 Å². The van der Waals surface area contributed by atoms with Gasteiger partial charge in [-0.1, -0.05) is 12.1 Å². The summed E-state index contributed by atoms with van der Waals surface area (Å²) in [7, 11) is 0. The van der Waals surface area contributed by atoms with Crippen LogP contribution in [0.4, 0.5) is 4.39 Å². The number of nitrogens with one attached hydrogen (secondary N) is 1. The fourth-order valence-electron chi connectivity index (χ4n) is 3.62. The van der Waals surface area contributed by atoms with Gasteiger partial charge in [0, 0.05) is 19.0 Å². The van der Waals surface area contributed by atoms with E-state index in [1.165, 1.54) is 12.1 Å². The second kappa shape index (κ2) is 6.84. The molecule has 2 N–H and O–H groups in total. The Kier molecular flexibility index (Phi) is 4.40. The molecule has 4 nitrogen and oxygen atoms in total. The molecule has 25 heavy (non-hydrogen) atoms. The van der Waals surface area contributed by atoms with E-state index in [1.807, 2.05) is 18.2 Å². The van der Waals surface area contributed by atoms with Crippen molar-refractivity contribution in [2.75, 3.05) is 13.1 Å². The lowest BCUT2D eigenvalue weighted by Gasteiger charge is -2.22. The van der Waals surface area contributed by atoms with Crippen LogP contribution in [0.1, 0.15) is 24.2 Å². The molecule has 0 radical (unpaired) electrons. The molecule has 1 aliphatic heterocycles. The van der Waals surface area contributed by atoms with Gasteiger partial charge >= 0.3 is 0 Å². The van der Waals surface area contributed by atoms with Crippen LogP contribution < -0.4 is 5.32 Å².